The zero-order valence-electron chi connectivity index (χ0n) is 11.0. The van der Waals surface area contributed by atoms with Crippen LogP contribution in [0.3, 0.4) is 0 Å². The van der Waals surface area contributed by atoms with Crippen molar-refractivity contribution in [3.8, 4) is 0 Å². The van der Waals surface area contributed by atoms with Gasteiger partial charge in [-0.05, 0) is 25.1 Å². The summed E-state index contributed by atoms with van der Waals surface area (Å²) in [7, 11) is 0. The lowest BCUT2D eigenvalue weighted by molar-refractivity contribution is -0.907. The van der Waals surface area contributed by atoms with E-state index >= 15 is 0 Å². The second kappa shape index (κ2) is 6.43. The Morgan fingerprint density at radius 2 is 2.20 bits per heavy atom. The Morgan fingerprint density at radius 3 is 2.85 bits per heavy atom. The smallest absolute Gasteiger partial charge is 0.282 e. The van der Waals surface area contributed by atoms with Gasteiger partial charge in [-0.25, -0.2) is 0 Å². The van der Waals surface area contributed by atoms with Crippen LogP contribution in [0.1, 0.15) is 6.92 Å². The molecule has 1 aromatic carbocycles. The van der Waals surface area contributed by atoms with E-state index < -0.39 is 0 Å². The zero-order valence-corrected chi connectivity index (χ0v) is 12.5. The molecule has 1 saturated heterocycles. The fraction of sp³-hybridized carbons (Fsp3) is 0.385. The summed E-state index contributed by atoms with van der Waals surface area (Å²) in [5.74, 6) is -0.200. The van der Waals surface area contributed by atoms with Gasteiger partial charge < -0.3 is 15.5 Å². The number of hydrogen-bond donors (Lipinski definition) is 3. The molecule has 1 aromatic rings. The number of hydrogen-bond acceptors (Lipinski definition) is 2. The highest BCUT2D eigenvalue weighted by atomic mass is 35.5. The molecule has 0 spiro atoms. The monoisotopic (exact) mass is 316 g/mol. The van der Waals surface area contributed by atoms with E-state index in [1.54, 1.807) is 25.1 Å². The summed E-state index contributed by atoms with van der Waals surface area (Å²) >= 11 is 11.8. The van der Waals surface area contributed by atoms with Crippen molar-refractivity contribution in [3.63, 3.8) is 0 Å². The van der Waals surface area contributed by atoms with Crippen molar-refractivity contribution in [1.29, 1.82) is 0 Å². The summed E-state index contributed by atoms with van der Waals surface area (Å²) in [6, 6.07) is 4.57. The number of rotatable bonds is 3. The maximum absolute atomic E-state index is 12.2. The van der Waals surface area contributed by atoms with E-state index in [1.165, 1.54) is 0 Å². The molecule has 1 heterocycles. The second-order valence-corrected chi connectivity index (χ2v) is 5.61. The van der Waals surface area contributed by atoms with Crippen molar-refractivity contribution >= 4 is 40.7 Å². The van der Waals surface area contributed by atoms with Crippen LogP contribution in [-0.4, -0.2) is 37.5 Å². The maximum Gasteiger partial charge on any atom is 0.282 e. The first kappa shape index (κ1) is 15.1. The molecule has 0 aromatic heterocycles. The highest BCUT2D eigenvalue weighted by molar-refractivity contribution is 6.36. The van der Waals surface area contributed by atoms with Crippen LogP contribution in [0.2, 0.25) is 10.0 Å². The van der Waals surface area contributed by atoms with Crippen LogP contribution in [0.25, 0.3) is 0 Å². The van der Waals surface area contributed by atoms with E-state index in [1.807, 2.05) is 0 Å². The first-order valence-corrected chi connectivity index (χ1v) is 7.10. The van der Waals surface area contributed by atoms with Gasteiger partial charge in [-0.2, -0.15) is 0 Å². The molecule has 1 aliphatic heterocycles. The minimum absolute atomic E-state index is 0.0320. The fourth-order valence-electron chi connectivity index (χ4n) is 2.11. The molecule has 0 radical (unpaired) electrons. The molecule has 2 atom stereocenters. The number of benzene rings is 1. The van der Waals surface area contributed by atoms with E-state index in [4.69, 9.17) is 23.2 Å². The van der Waals surface area contributed by atoms with Crippen LogP contribution in [0, 0.1) is 0 Å². The standard InChI is InChI=1S/C13H15Cl2N3O2/c1-8(18-5-4-16-12(19)7-18)13(20)17-11-3-2-9(14)6-10(11)15/h2-3,6,8H,4-5,7H2,1H3,(H,16,19)(H,17,20)/p+1/t8-/m1/s1. The average molecular weight is 317 g/mol. The number of amides is 2. The molecule has 1 unspecified atom stereocenters. The van der Waals surface area contributed by atoms with Crippen LogP contribution in [0.15, 0.2) is 18.2 Å². The molecule has 7 heteroatoms. The van der Waals surface area contributed by atoms with Crippen molar-refractivity contribution < 1.29 is 14.5 Å². The normalized spacial score (nSPS) is 20.1. The first-order valence-electron chi connectivity index (χ1n) is 6.34. The quantitative estimate of drug-likeness (QED) is 0.753. The minimum Gasteiger partial charge on any atom is -0.346 e. The Bertz CT molecular complexity index is 536. The Morgan fingerprint density at radius 1 is 1.45 bits per heavy atom. The summed E-state index contributed by atoms with van der Waals surface area (Å²) in [5.41, 5.74) is 0.522. The predicted molar refractivity (Wildman–Crippen MR) is 78.3 cm³/mol. The van der Waals surface area contributed by atoms with Crippen LogP contribution >= 0.6 is 23.2 Å². The molecular formula is C13H16Cl2N3O2+. The lowest BCUT2D eigenvalue weighted by Crippen LogP contribution is -3.19. The number of anilines is 1. The van der Waals surface area contributed by atoms with Crippen molar-refractivity contribution in [3.05, 3.63) is 28.2 Å². The van der Waals surface area contributed by atoms with Crippen LogP contribution in [0.4, 0.5) is 5.69 Å². The molecule has 20 heavy (non-hydrogen) atoms. The third-order valence-electron chi connectivity index (χ3n) is 3.35. The fourth-order valence-corrected chi connectivity index (χ4v) is 2.56. The third-order valence-corrected chi connectivity index (χ3v) is 3.90. The highest BCUT2D eigenvalue weighted by Gasteiger charge is 2.29. The summed E-state index contributed by atoms with van der Waals surface area (Å²) in [4.78, 5) is 24.5. The van der Waals surface area contributed by atoms with Gasteiger partial charge in [-0.3, -0.25) is 9.59 Å². The zero-order chi connectivity index (χ0) is 14.7. The van der Waals surface area contributed by atoms with Gasteiger partial charge in [-0.15, -0.1) is 0 Å². The molecule has 2 rings (SSSR count). The van der Waals surface area contributed by atoms with Gasteiger partial charge in [0, 0.05) is 5.02 Å². The van der Waals surface area contributed by atoms with Gasteiger partial charge in [0.1, 0.15) is 0 Å². The molecule has 2 amide bonds. The minimum atomic E-state index is -0.326. The Kier molecular flexibility index (Phi) is 4.86. The summed E-state index contributed by atoms with van der Waals surface area (Å²) in [6.07, 6.45) is 0. The SMILES string of the molecule is C[C@H](C(=O)Nc1ccc(Cl)cc1Cl)[NH+]1CCNC(=O)C1. The average Bonchev–Trinajstić information content (AvgIpc) is 2.41. The second-order valence-electron chi connectivity index (χ2n) is 4.77. The van der Waals surface area contributed by atoms with Gasteiger partial charge in [0.05, 0.1) is 23.8 Å². The van der Waals surface area contributed by atoms with Gasteiger partial charge in [0.15, 0.2) is 12.6 Å². The van der Waals surface area contributed by atoms with Crippen molar-refractivity contribution in [2.24, 2.45) is 0 Å². The summed E-state index contributed by atoms with van der Waals surface area (Å²) in [5, 5.41) is 6.42. The van der Waals surface area contributed by atoms with Crippen LogP contribution in [-0.2, 0) is 9.59 Å². The topological polar surface area (TPSA) is 62.6 Å². The molecule has 0 bridgehead atoms. The Balaban J connectivity index is 2.01. The van der Waals surface area contributed by atoms with Crippen molar-refractivity contribution in [1.82, 2.24) is 5.32 Å². The van der Waals surface area contributed by atoms with Gasteiger partial charge in [0.2, 0.25) is 0 Å². The third kappa shape index (κ3) is 3.62. The molecule has 3 N–H and O–H groups in total. The van der Waals surface area contributed by atoms with E-state index in [2.05, 4.69) is 10.6 Å². The highest BCUT2D eigenvalue weighted by Crippen LogP contribution is 2.25. The lowest BCUT2D eigenvalue weighted by Gasteiger charge is -2.28. The van der Waals surface area contributed by atoms with E-state index in [-0.39, 0.29) is 17.9 Å². The number of piperazine rings is 1. The van der Waals surface area contributed by atoms with E-state index in [0.717, 1.165) is 11.4 Å². The number of quaternary nitrogens is 1. The van der Waals surface area contributed by atoms with Gasteiger partial charge in [-0.1, -0.05) is 23.2 Å². The summed E-state index contributed by atoms with van der Waals surface area (Å²) in [6.45, 7) is 3.43. The van der Waals surface area contributed by atoms with Crippen LogP contribution in [0.5, 0.6) is 0 Å². The molecule has 108 valence electrons. The molecular weight excluding hydrogens is 301 g/mol. The molecule has 5 nitrogen and oxygen atoms in total. The number of nitrogens with one attached hydrogen (secondary N) is 3. The molecule has 1 fully saturated rings. The van der Waals surface area contributed by atoms with Crippen LogP contribution < -0.4 is 15.5 Å². The molecule has 0 aliphatic carbocycles. The number of carbonyl (C=O) groups excluding carboxylic acids is 2. The van der Waals surface area contributed by atoms with Crippen molar-refractivity contribution in [2.75, 3.05) is 25.0 Å². The number of carbonyl (C=O) groups is 2. The molecule has 1 aliphatic rings. The lowest BCUT2D eigenvalue weighted by atomic mass is 10.2. The summed E-state index contributed by atoms with van der Waals surface area (Å²) < 4.78 is 0. The van der Waals surface area contributed by atoms with E-state index in [0.29, 0.717) is 28.8 Å². The number of halogens is 2. The van der Waals surface area contributed by atoms with Gasteiger partial charge in [0.25, 0.3) is 11.8 Å². The van der Waals surface area contributed by atoms with Crippen molar-refractivity contribution in [2.45, 2.75) is 13.0 Å². The predicted octanol–water partition coefficient (Wildman–Crippen LogP) is 0.335. The Hall–Kier alpha value is -1.30. The Labute approximate surface area is 127 Å². The first-order chi connectivity index (χ1) is 9.47. The maximum atomic E-state index is 12.2. The largest absolute Gasteiger partial charge is 0.346 e. The van der Waals surface area contributed by atoms with Gasteiger partial charge >= 0.3 is 0 Å². The molecule has 0 saturated carbocycles. The van der Waals surface area contributed by atoms with E-state index in [9.17, 15) is 9.59 Å².